The van der Waals surface area contributed by atoms with Gasteiger partial charge >= 0.3 is 0 Å². The van der Waals surface area contributed by atoms with Gasteiger partial charge in [-0.2, -0.15) is 0 Å². The molecule has 0 saturated carbocycles. The summed E-state index contributed by atoms with van der Waals surface area (Å²) >= 11 is 5.33. The number of hydrogen-bond donors (Lipinski definition) is 0. The van der Waals surface area contributed by atoms with Crippen LogP contribution in [-0.2, 0) is 14.4 Å². The molecule has 0 aromatic carbocycles. The summed E-state index contributed by atoms with van der Waals surface area (Å²) in [6.45, 7) is 2.20. The second kappa shape index (κ2) is 2.92. The molecule has 0 amide bonds. The van der Waals surface area contributed by atoms with Crippen LogP contribution in [0.15, 0.2) is 0 Å². The Bertz CT molecular complexity index is 171. The molecule has 0 bridgehead atoms. The molecular weight excluding hydrogens is 156 g/mol. The lowest BCUT2D eigenvalue weighted by atomic mass is 10.0. The van der Waals surface area contributed by atoms with Gasteiger partial charge in [0.2, 0.25) is 4.87 Å². The Morgan fingerprint density at radius 3 is 1.60 bits per heavy atom. The van der Waals surface area contributed by atoms with E-state index in [2.05, 4.69) is 0 Å². The van der Waals surface area contributed by atoms with Gasteiger partial charge in [-0.25, -0.2) is 0 Å². The summed E-state index contributed by atoms with van der Waals surface area (Å²) in [4.78, 5) is 29.3. The van der Waals surface area contributed by atoms with Crippen molar-refractivity contribution in [1.29, 1.82) is 0 Å². The third-order valence-electron chi connectivity index (χ3n) is 1.19. The minimum absolute atomic E-state index is 0.152. The summed E-state index contributed by atoms with van der Waals surface area (Å²) in [7, 11) is 0. The van der Waals surface area contributed by atoms with Crippen LogP contribution in [0, 0.1) is 0 Å². The number of rotatable bonds is 3. The monoisotopic (exact) mass is 162 g/mol. The standard InChI is InChI=1S/C6H7ClO3/c1-4(9)6(7,3-8)5(2)10/h3H,1-2H3. The van der Waals surface area contributed by atoms with E-state index < -0.39 is 16.4 Å². The molecule has 0 aromatic rings. The van der Waals surface area contributed by atoms with E-state index in [-0.39, 0.29) is 6.29 Å². The number of aldehydes is 1. The normalized spacial score (nSPS) is 10.7. The van der Waals surface area contributed by atoms with Crippen LogP contribution in [0.4, 0.5) is 0 Å². The van der Waals surface area contributed by atoms with E-state index in [4.69, 9.17) is 11.6 Å². The molecule has 0 fully saturated rings. The molecular formula is C6H7ClO3. The highest BCUT2D eigenvalue weighted by Gasteiger charge is 2.37. The van der Waals surface area contributed by atoms with Gasteiger partial charge in [0.25, 0.3) is 0 Å². The van der Waals surface area contributed by atoms with Gasteiger partial charge in [0.15, 0.2) is 17.9 Å². The Labute approximate surface area is 63.4 Å². The van der Waals surface area contributed by atoms with Gasteiger partial charge in [0.05, 0.1) is 0 Å². The van der Waals surface area contributed by atoms with E-state index in [1.165, 1.54) is 0 Å². The van der Waals surface area contributed by atoms with Crippen LogP contribution in [0.5, 0.6) is 0 Å². The average Bonchev–Trinajstić information content (AvgIpc) is 1.85. The highest BCUT2D eigenvalue weighted by Crippen LogP contribution is 2.14. The fourth-order valence-electron chi connectivity index (χ4n) is 0.414. The van der Waals surface area contributed by atoms with E-state index >= 15 is 0 Å². The summed E-state index contributed by atoms with van der Waals surface area (Å²) in [6.07, 6.45) is 0.152. The topological polar surface area (TPSA) is 51.2 Å². The first-order chi connectivity index (χ1) is 4.45. The summed E-state index contributed by atoms with van der Waals surface area (Å²) in [5.41, 5.74) is 0. The van der Waals surface area contributed by atoms with Crippen molar-refractivity contribution in [1.82, 2.24) is 0 Å². The Hall–Kier alpha value is -0.700. The van der Waals surface area contributed by atoms with E-state index in [9.17, 15) is 14.4 Å². The van der Waals surface area contributed by atoms with E-state index in [1.807, 2.05) is 0 Å². The summed E-state index contributed by atoms with van der Waals surface area (Å²) in [5.74, 6) is -1.28. The molecule has 0 rings (SSSR count). The molecule has 0 N–H and O–H groups in total. The van der Waals surface area contributed by atoms with Crippen LogP contribution in [-0.4, -0.2) is 22.7 Å². The van der Waals surface area contributed by atoms with Gasteiger partial charge in [0, 0.05) is 0 Å². The van der Waals surface area contributed by atoms with Gasteiger partial charge in [-0.05, 0) is 13.8 Å². The third-order valence-corrected chi connectivity index (χ3v) is 1.81. The maximum atomic E-state index is 10.6. The number of alkyl halides is 1. The zero-order valence-electron chi connectivity index (χ0n) is 5.68. The van der Waals surface area contributed by atoms with Crippen molar-refractivity contribution < 1.29 is 14.4 Å². The zero-order chi connectivity index (χ0) is 8.36. The minimum atomic E-state index is -1.94. The zero-order valence-corrected chi connectivity index (χ0v) is 6.44. The smallest absolute Gasteiger partial charge is 0.214 e. The van der Waals surface area contributed by atoms with Crippen molar-refractivity contribution in [2.75, 3.05) is 0 Å². The molecule has 3 nitrogen and oxygen atoms in total. The molecule has 0 aliphatic carbocycles. The van der Waals surface area contributed by atoms with E-state index in [0.717, 1.165) is 13.8 Å². The fourth-order valence-corrected chi connectivity index (χ4v) is 0.414. The lowest BCUT2D eigenvalue weighted by Gasteiger charge is -2.10. The molecule has 0 saturated heterocycles. The molecule has 56 valence electrons. The predicted molar refractivity (Wildman–Crippen MR) is 36.0 cm³/mol. The third kappa shape index (κ3) is 1.42. The summed E-state index contributed by atoms with van der Waals surface area (Å²) in [5, 5.41) is 0. The van der Waals surface area contributed by atoms with Crippen molar-refractivity contribution in [3.05, 3.63) is 0 Å². The van der Waals surface area contributed by atoms with Crippen molar-refractivity contribution in [2.45, 2.75) is 18.7 Å². The Morgan fingerprint density at radius 2 is 1.60 bits per heavy atom. The van der Waals surface area contributed by atoms with Crippen LogP contribution in [0.3, 0.4) is 0 Å². The van der Waals surface area contributed by atoms with Crippen molar-refractivity contribution in [3.63, 3.8) is 0 Å². The summed E-state index contributed by atoms with van der Waals surface area (Å²) < 4.78 is 0. The van der Waals surface area contributed by atoms with Crippen LogP contribution in [0.25, 0.3) is 0 Å². The molecule has 0 atom stereocenters. The first-order valence-electron chi connectivity index (χ1n) is 2.62. The molecule has 0 aliphatic rings. The molecule has 4 heteroatoms. The van der Waals surface area contributed by atoms with Crippen LogP contribution in [0.2, 0.25) is 0 Å². The van der Waals surface area contributed by atoms with Crippen LogP contribution in [0.1, 0.15) is 13.8 Å². The van der Waals surface area contributed by atoms with Gasteiger partial charge in [-0.3, -0.25) is 9.59 Å². The number of ketones is 2. The molecule has 0 spiro atoms. The molecule has 0 unspecified atom stereocenters. The number of carbonyl (C=O) groups is 3. The van der Waals surface area contributed by atoms with Crippen molar-refractivity contribution in [2.24, 2.45) is 0 Å². The molecule has 0 aromatic heterocycles. The second-order valence-corrected chi connectivity index (χ2v) is 2.54. The van der Waals surface area contributed by atoms with Crippen molar-refractivity contribution in [3.8, 4) is 0 Å². The summed E-state index contributed by atoms with van der Waals surface area (Å²) in [6, 6.07) is 0. The molecule has 0 heterocycles. The maximum absolute atomic E-state index is 10.6. The van der Waals surface area contributed by atoms with Gasteiger partial charge < -0.3 is 4.79 Å². The largest absolute Gasteiger partial charge is 0.300 e. The highest BCUT2D eigenvalue weighted by atomic mass is 35.5. The van der Waals surface area contributed by atoms with Crippen LogP contribution >= 0.6 is 11.6 Å². The maximum Gasteiger partial charge on any atom is 0.214 e. The molecule has 0 radical (unpaired) electrons. The van der Waals surface area contributed by atoms with Gasteiger partial charge in [-0.15, -0.1) is 0 Å². The quantitative estimate of drug-likeness (QED) is 0.342. The number of hydrogen-bond acceptors (Lipinski definition) is 3. The van der Waals surface area contributed by atoms with E-state index in [1.54, 1.807) is 0 Å². The van der Waals surface area contributed by atoms with Gasteiger partial charge in [-0.1, -0.05) is 11.6 Å². The first kappa shape index (κ1) is 9.30. The Balaban J connectivity index is 4.72. The van der Waals surface area contributed by atoms with E-state index in [0.29, 0.717) is 0 Å². The number of carbonyl (C=O) groups excluding carboxylic acids is 3. The highest BCUT2D eigenvalue weighted by molar-refractivity contribution is 6.54. The molecule has 0 aliphatic heterocycles. The van der Waals surface area contributed by atoms with Crippen molar-refractivity contribution >= 4 is 29.5 Å². The average molecular weight is 163 g/mol. The minimum Gasteiger partial charge on any atom is -0.300 e. The SMILES string of the molecule is CC(=O)C(Cl)(C=O)C(C)=O. The lowest BCUT2D eigenvalue weighted by molar-refractivity contribution is -0.132. The fraction of sp³-hybridized carbons (Fsp3) is 0.500. The Kier molecular flexibility index (Phi) is 2.72. The number of Topliss-reactive ketones (excluding diaryl/α,β-unsaturated/α-hetero) is 2. The van der Waals surface area contributed by atoms with Gasteiger partial charge in [0.1, 0.15) is 0 Å². The van der Waals surface area contributed by atoms with Crippen LogP contribution < -0.4 is 0 Å². The predicted octanol–water partition coefficient (Wildman–Crippen LogP) is 0.341. The first-order valence-corrected chi connectivity index (χ1v) is 3.00. The second-order valence-electron chi connectivity index (χ2n) is 1.94. The lowest BCUT2D eigenvalue weighted by Crippen LogP contribution is -2.39. The number of halogens is 1. The Morgan fingerprint density at radius 1 is 1.30 bits per heavy atom. The molecule has 10 heavy (non-hydrogen) atoms.